The topological polar surface area (TPSA) is 44.4 Å². The highest BCUT2D eigenvalue weighted by Crippen LogP contribution is 2.22. The summed E-state index contributed by atoms with van der Waals surface area (Å²) in [7, 11) is 0. The molecule has 0 aromatic rings. The summed E-state index contributed by atoms with van der Waals surface area (Å²) in [6.07, 6.45) is 8.03. The smallest absolute Gasteiger partial charge is 0.220 e. The zero-order valence-corrected chi connectivity index (χ0v) is 14.6. The summed E-state index contributed by atoms with van der Waals surface area (Å²) in [5, 5.41) is 6.61. The second-order valence-corrected chi connectivity index (χ2v) is 7.09. The van der Waals surface area contributed by atoms with Crippen molar-refractivity contribution >= 4 is 5.91 Å². The van der Waals surface area contributed by atoms with Crippen molar-refractivity contribution in [2.24, 2.45) is 11.8 Å². The Balaban J connectivity index is 1.75. The van der Waals surface area contributed by atoms with Crippen LogP contribution in [0.25, 0.3) is 0 Å². The summed E-state index contributed by atoms with van der Waals surface area (Å²) < 4.78 is 0. The first kappa shape index (κ1) is 17.7. The number of carbonyl (C=O) groups excluding carboxylic acids is 1. The van der Waals surface area contributed by atoms with E-state index in [-0.39, 0.29) is 5.91 Å². The van der Waals surface area contributed by atoms with Gasteiger partial charge in [0.15, 0.2) is 0 Å². The summed E-state index contributed by atoms with van der Waals surface area (Å²) in [6, 6.07) is 0.537. The molecule has 2 fully saturated rings. The molecule has 2 unspecified atom stereocenters. The van der Waals surface area contributed by atoms with Crippen LogP contribution in [0.4, 0.5) is 0 Å². The molecule has 2 aliphatic heterocycles. The molecule has 22 heavy (non-hydrogen) atoms. The average Bonchev–Trinajstić information content (AvgIpc) is 3.22. The highest BCUT2D eigenvalue weighted by molar-refractivity contribution is 5.75. The van der Waals surface area contributed by atoms with Crippen LogP contribution in [0.2, 0.25) is 0 Å². The van der Waals surface area contributed by atoms with Crippen molar-refractivity contribution < 1.29 is 4.79 Å². The third-order valence-electron chi connectivity index (χ3n) is 5.65. The Morgan fingerprint density at radius 1 is 1.27 bits per heavy atom. The molecule has 2 aliphatic rings. The summed E-state index contributed by atoms with van der Waals surface area (Å²) in [5.74, 6) is 1.67. The number of hydrogen-bond donors (Lipinski definition) is 2. The number of rotatable bonds is 9. The standard InChI is InChI=1S/C18H35N3O/c1-3-16(4-2)17(21-11-5-6-12-21)14-20-18(22)8-7-15-9-10-19-13-15/h15-17,19H,3-14H2,1-2H3,(H,20,22). The first-order chi connectivity index (χ1) is 10.7. The number of nitrogens with zero attached hydrogens (tertiary/aromatic N) is 1. The van der Waals surface area contributed by atoms with Crippen molar-refractivity contribution in [1.82, 2.24) is 15.5 Å². The van der Waals surface area contributed by atoms with E-state index in [9.17, 15) is 4.79 Å². The molecular weight excluding hydrogens is 274 g/mol. The number of likely N-dealkylation sites (tertiary alicyclic amines) is 1. The monoisotopic (exact) mass is 309 g/mol. The van der Waals surface area contributed by atoms with Crippen LogP contribution in [0, 0.1) is 11.8 Å². The Morgan fingerprint density at radius 2 is 2.00 bits per heavy atom. The van der Waals surface area contributed by atoms with Gasteiger partial charge in [-0.2, -0.15) is 0 Å². The molecule has 1 amide bonds. The van der Waals surface area contributed by atoms with Gasteiger partial charge in [0.2, 0.25) is 5.91 Å². The molecule has 2 rings (SSSR count). The van der Waals surface area contributed by atoms with Crippen LogP contribution in [0.1, 0.15) is 58.8 Å². The highest BCUT2D eigenvalue weighted by Gasteiger charge is 2.27. The first-order valence-electron chi connectivity index (χ1n) is 9.46. The first-order valence-corrected chi connectivity index (χ1v) is 9.46. The Hall–Kier alpha value is -0.610. The lowest BCUT2D eigenvalue weighted by Crippen LogP contribution is -2.46. The van der Waals surface area contributed by atoms with Crippen LogP contribution < -0.4 is 10.6 Å². The summed E-state index contributed by atoms with van der Waals surface area (Å²) >= 11 is 0. The molecule has 4 nitrogen and oxygen atoms in total. The number of carbonyl (C=O) groups is 1. The Bertz CT molecular complexity index is 316. The van der Waals surface area contributed by atoms with Crippen LogP contribution in [0.3, 0.4) is 0 Å². The van der Waals surface area contributed by atoms with Crippen molar-refractivity contribution in [1.29, 1.82) is 0 Å². The van der Waals surface area contributed by atoms with Crippen molar-refractivity contribution in [3.63, 3.8) is 0 Å². The molecule has 0 aliphatic carbocycles. The number of nitrogens with one attached hydrogen (secondary N) is 2. The van der Waals surface area contributed by atoms with Gasteiger partial charge in [0.1, 0.15) is 0 Å². The quantitative estimate of drug-likeness (QED) is 0.687. The summed E-state index contributed by atoms with van der Waals surface area (Å²) in [5.41, 5.74) is 0. The fourth-order valence-corrected chi connectivity index (χ4v) is 4.10. The normalized spacial score (nSPS) is 24.0. The van der Waals surface area contributed by atoms with Gasteiger partial charge in [-0.25, -0.2) is 0 Å². The zero-order chi connectivity index (χ0) is 15.8. The highest BCUT2D eigenvalue weighted by atomic mass is 16.1. The van der Waals surface area contributed by atoms with E-state index in [0.717, 1.165) is 26.1 Å². The molecular formula is C18H35N3O. The Labute approximate surface area is 136 Å². The fraction of sp³-hybridized carbons (Fsp3) is 0.944. The lowest BCUT2D eigenvalue weighted by molar-refractivity contribution is -0.121. The molecule has 2 N–H and O–H groups in total. The lowest BCUT2D eigenvalue weighted by atomic mass is 9.92. The zero-order valence-electron chi connectivity index (χ0n) is 14.6. The van der Waals surface area contributed by atoms with Crippen LogP contribution in [-0.4, -0.2) is 49.6 Å². The van der Waals surface area contributed by atoms with Crippen molar-refractivity contribution in [3.05, 3.63) is 0 Å². The minimum atomic E-state index is 0.252. The Kier molecular flexibility index (Phi) is 7.67. The van der Waals surface area contributed by atoms with Crippen molar-refractivity contribution in [3.8, 4) is 0 Å². The van der Waals surface area contributed by atoms with Crippen LogP contribution in [0.5, 0.6) is 0 Å². The molecule has 2 heterocycles. The minimum absolute atomic E-state index is 0.252. The van der Waals surface area contributed by atoms with Crippen LogP contribution in [-0.2, 0) is 4.79 Å². The molecule has 0 bridgehead atoms. The molecule has 4 heteroatoms. The van der Waals surface area contributed by atoms with Gasteiger partial charge < -0.3 is 10.6 Å². The van der Waals surface area contributed by atoms with Crippen LogP contribution >= 0.6 is 0 Å². The van der Waals surface area contributed by atoms with Gasteiger partial charge in [-0.3, -0.25) is 9.69 Å². The maximum absolute atomic E-state index is 12.2. The lowest BCUT2D eigenvalue weighted by Gasteiger charge is -2.34. The molecule has 0 radical (unpaired) electrons. The molecule has 0 aromatic carbocycles. The number of amides is 1. The van der Waals surface area contributed by atoms with Gasteiger partial charge in [0.05, 0.1) is 0 Å². The van der Waals surface area contributed by atoms with Crippen molar-refractivity contribution in [2.45, 2.75) is 64.8 Å². The van der Waals surface area contributed by atoms with E-state index >= 15 is 0 Å². The van der Waals surface area contributed by atoms with Gasteiger partial charge in [-0.05, 0) is 63.7 Å². The summed E-state index contributed by atoms with van der Waals surface area (Å²) in [6.45, 7) is 10.1. The van der Waals surface area contributed by atoms with Gasteiger partial charge in [0.25, 0.3) is 0 Å². The molecule has 0 saturated carbocycles. The Morgan fingerprint density at radius 3 is 2.59 bits per heavy atom. The van der Waals surface area contributed by atoms with E-state index in [0.29, 0.717) is 24.3 Å². The van der Waals surface area contributed by atoms with Crippen LogP contribution in [0.15, 0.2) is 0 Å². The maximum atomic E-state index is 12.2. The molecule has 2 atom stereocenters. The molecule has 0 spiro atoms. The van der Waals surface area contributed by atoms with E-state index < -0.39 is 0 Å². The minimum Gasteiger partial charge on any atom is -0.355 e. The largest absolute Gasteiger partial charge is 0.355 e. The summed E-state index contributed by atoms with van der Waals surface area (Å²) in [4.78, 5) is 14.8. The van der Waals surface area contributed by atoms with Crippen molar-refractivity contribution in [2.75, 3.05) is 32.7 Å². The van der Waals surface area contributed by atoms with E-state index in [1.807, 2.05) is 0 Å². The van der Waals surface area contributed by atoms with Gasteiger partial charge >= 0.3 is 0 Å². The molecule has 2 saturated heterocycles. The maximum Gasteiger partial charge on any atom is 0.220 e. The third kappa shape index (κ3) is 5.24. The van der Waals surface area contributed by atoms with E-state index in [2.05, 4.69) is 29.4 Å². The van der Waals surface area contributed by atoms with Gasteiger partial charge in [-0.1, -0.05) is 26.7 Å². The molecule has 128 valence electrons. The van der Waals surface area contributed by atoms with E-state index in [4.69, 9.17) is 0 Å². The predicted molar refractivity (Wildman–Crippen MR) is 91.9 cm³/mol. The SMILES string of the molecule is CCC(CC)C(CNC(=O)CCC1CCNC1)N1CCCC1. The van der Waals surface area contributed by atoms with Gasteiger partial charge in [-0.15, -0.1) is 0 Å². The second kappa shape index (κ2) is 9.51. The van der Waals surface area contributed by atoms with Gasteiger partial charge in [0, 0.05) is 19.0 Å². The number of hydrogen-bond acceptors (Lipinski definition) is 3. The van der Waals surface area contributed by atoms with E-state index in [1.165, 1.54) is 45.2 Å². The average molecular weight is 309 g/mol. The van der Waals surface area contributed by atoms with E-state index in [1.54, 1.807) is 0 Å². The predicted octanol–water partition coefficient (Wildman–Crippen LogP) is 2.39. The molecule has 0 aromatic heterocycles. The third-order valence-corrected chi connectivity index (χ3v) is 5.65. The fourth-order valence-electron chi connectivity index (χ4n) is 4.10. The second-order valence-electron chi connectivity index (χ2n) is 7.09.